The summed E-state index contributed by atoms with van der Waals surface area (Å²) < 4.78 is 17.0. The lowest BCUT2D eigenvalue weighted by Crippen LogP contribution is -2.53. The number of rotatable bonds is 7. The summed E-state index contributed by atoms with van der Waals surface area (Å²) in [7, 11) is 5.13. The molecule has 1 aromatic carbocycles. The van der Waals surface area contributed by atoms with Crippen molar-refractivity contribution in [1.82, 2.24) is 9.80 Å². The van der Waals surface area contributed by atoms with Crippen molar-refractivity contribution < 1.29 is 19.0 Å². The number of carbonyl (C=O) groups is 1. The topological polar surface area (TPSA) is 51.2 Å². The number of morpholine rings is 1. The Morgan fingerprint density at radius 1 is 1.40 bits per heavy atom. The molecule has 1 saturated heterocycles. The Morgan fingerprint density at radius 2 is 2.16 bits per heavy atom. The normalized spacial score (nSPS) is 20.3. The van der Waals surface area contributed by atoms with E-state index < -0.39 is 0 Å². The Labute approximate surface area is 150 Å². The predicted molar refractivity (Wildman–Crippen MR) is 96.7 cm³/mol. The number of nitrogens with zero attached hydrogens (tertiary/aromatic N) is 2. The van der Waals surface area contributed by atoms with E-state index in [9.17, 15) is 4.79 Å². The number of likely N-dealkylation sites (N-methyl/N-ethyl adjacent to an activating group) is 1. The van der Waals surface area contributed by atoms with Crippen LogP contribution in [0.4, 0.5) is 0 Å². The molecule has 1 heterocycles. The lowest BCUT2D eigenvalue weighted by molar-refractivity contribution is -0.161. The second kappa shape index (κ2) is 8.65. The number of carbonyl (C=O) groups excluding carboxylic acids is 1. The van der Waals surface area contributed by atoms with Gasteiger partial charge in [-0.25, -0.2) is 0 Å². The van der Waals surface area contributed by atoms with Gasteiger partial charge in [-0.1, -0.05) is 12.1 Å². The van der Waals surface area contributed by atoms with Crippen LogP contribution in [0.15, 0.2) is 24.3 Å². The van der Waals surface area contributed by atoms with Crippen molar-refractivity contribution in [2.24, 2.45) is 0 Å². The smallest absolute Gasteiger partial charge is 0.248 e. The predicted octanol–water partition coefficient (Wildman–Crippen LogP) is 1.78. The molecule has 6 nitrogen and oxygen atoms in total. The van der Waals surface area contributed by atoms with Crippen molar-refractivity contribution in [2.75, 3.05) is 47.5 Å². The van der Waals surface area contributed by atoms with E-state index in [4.69, 9.17) is 14.2 Å². The van der Waals surface area contributed by atoms with E-state index >= 15 is 0 Å². The third-order valence-corrected chi connectivity index (χ3v) is 4.12. The Hall–Kier alpha value is -1.63. The minimum atomic E-state index is -0.253. The van der Waals surface area contributed by atoms with E-state index in [-0.39, 0.29) is 24.2 Å². The zero-order valence-electron chi connectivity index (χ0n) is 15.9. The molecule has 0 aliphatic carbocycles. The van der Waals surface area contributed by atoms with Crippen molar-refractivity contribution in [3.63, 3.8) is 0 Å². The molecule has 6 heteroatoms. The van der Waals surface area contributed by atoms with Crippen molar-refractivity contribution in [2.45, 2.75) is 32.1 Å². The molecule has 0 aromatic heterocycles. The van der Waals surface area contributed by atoms with Crippen LogP contribution in [0.3, 0.4) is 0 Å². The van der Waals surface area contributed by atoms with Crippen LogP contribution in [0.2, 0.25) is 0 Å². The van der Waals surface area contributed by atoms with Crippen LogP contribution in [0.5, 0.6) is 5.75 Å². The van der Waals surface area contributed by atoms with Gasteiger partial charge in [0.1, 0.15) is 12.4 Å². The van der Waals surface area contributed by atoms with E-state index in [1.54, 1.807) is 21.2 Å². The molecule has 1 fully saturated rings. The second-order valence-corrected chi connectivity index (χ2v) is 7.32. The Bertz CT molecular complexity index is 574. The average Bonchev–Trinajstić information content (AvgIpc) is 2.53. The highest BCUT2D eigenvalue weighted by Gasteiger charge is 2.33. The number of benzene rings is 1. The zero-order chi connectivity index (χ0) is 18.4. The summed E-state index contributed by atoms with van der Waals surface area (Å²) >= 11 is 0. The number of amides is 1. The molecule has 1 atom stereocenters. The highest BCUT2D eigenvalue weighted by Crippen LogP contribution is 2.23. The van der Waals surface area contributed by atoms with Gasteiger partial charge < -0.3 is 19.1 Å². The number of ether oxygens (including phenoxy) is 3. The standard InChI is InChI=1S/C19H30N2O4/c1-19(2)14-21(10-15-7-6-8-16(9-15)23-5)11-17(25-19)12-24-13-18(22)20(3)4/h6-9,17H,10-14H2,1-5H3/t17-/m0/s1. The molecule has 0 saturated carbocycles. The molecule has 0 bridgehead atoms. The summed E-state index contributed by atoms with van der Waals surface area (Å²) in [4.78, 5) is 15.5. The second-order valence-electron chi connectivity index (χ2n) is 7.32. The van der Waals surface area contributed by atoms with Gasteiger partial charge in [0.05, 0.1) is 25.4 Å². The maximum atomic E-state index is 11.6. The summed E-state index contributed by atoms with van der Waals surface area (Å²) in [5.41, 5.74) is 0.955. The number of hydrogen-bond donors (Lipinski definition) is 0. The summed E-state index contributed by atoms with van der Waals surface area (Å²) in [5.74, 6) is 0.829. The van der Waals surface area contributed by atoms with Crippen molar-refractivity contribution in [3.8, 4) is 5.75 Å². The van der Waals surface area contributed by atoms with E-state index in [0.29, 0.717) is 6.61 Å². The van der Waals surface area contributed by atoms with Gasteiger partial charge in [0, 0.05) is 33.7 Å². The van der Waals surface area contributed by atoms with Crippen molar-refractivity contribution in [3.05, 3.63) is 29.8 Å². The maximum absolute atomic E-state index is 11.6. The molecular formula is C19H30N2O4. The van der Waals surface area contributed by atoms with Crippen LogP contribution in [0.1, 0.15) is 19.4 Å². The summed E-state index contributed by atoms with van der Waals surface area (Å²) in [6.45, 7) is 7.12. The Balaban J connectivity index is 1.92. The molecule has 2 rings (SSSR count). The molecule has 1 aromatic rings. The van der Waals surface area contributed by atoms with Gasteiger partial charge in [-0.15, -0.1) is 0 Å². The van der Waals surface area contributed by atoms with Crippen LogP contribution >= 0.6 is 0 Å². The molecule has 1 aliphatic heterocycles. The van der Waals surface area contributed by atoms with Gasteiger partial charge in [-0.05, 0) is 31.5 Å². The van der Waals surface area contributed by atoms with Gasteiger partial charge >= 0.3 is 0 Å². The van der Waals surface area contributed by atoms with E-state index in [1.807, 2.05) is 12.1 Å². The monoisotopic (exact) mass is 350 g/mol. The summed E-state index contributed by atoms with van der Waals surface area (Å²) in [6.07, 6.45) is -0.0516. The quantitative estimate of drug-likeness (QED) is 0.750. The Morgan fingerprint density at radius 3 is 2.84 bits per heavy atom. The third kappa shape index (κ3) is 6.30. The molecule has 0 N–H and O–H groups in total. The first-order chi connectivity index (χ1) is 11.8. The van der Waals surface area contributed by atoms with Crippen molar-refractivity contribution in [1.29, 1.82) is 0 Å². The molecule has 1 amide bonds. The minimum absolute atomic E-state index is 0.0386. The van der Waals surface area contributed by atoms with Crippen LogP contribution in [-0.2, 0) is 20.8 Å². The van der Waals surface area contributed by atoms with Gasteiger partial charge in [0.2, 0.25) is 5.91 Å². The van der Waals surface area contributed by atoms with Crippen LogP contribution in [0, 0.1) is 0 Å². The molecule has 0 spiro atoms. The summed E-state index contributed by atoms with van der Waals surface area (Å²) in [5, 5.41) is 0. The van der Waals surface area contributed by atoms with Gasteiger partial charge in [0.25, 0.3) is 0 Å². The van der Waals surface area contributed by atoms with E-state index in [1.165, 1.54) is 10.5 Å². The van der Waals surface area contributed by atoms with E-state index in [0.717, 1.165) is 25.4 Å². The average molecular weight is 350 g/mol. The van der Waals surface area contributed by atoms with Crippen molar-refractivity contribution >= 4 is 5.91 Å². The fourth-order valence-corrected chi connectivity index (χ4v) is 3.06. The first kappa shape index (κ1) is 19.7. The van der Waals surface area contributed by atoms with Crippen LogP contribution in [0.25, 0.3) is 0 Å². The fourth-order valence-electron chi connectivity index (χ4n) is 3.06. The highest BCUT2D eigenvalue weighted by atomic mass is 16.6. The zero-order valence-corrected chi connectivity index (χ0v) is 15.9. The lowest BCUT2D eigenvalue weighted by Gasteiger charge is -2.42. The fraction of sp³-hybridized carbons (Fsp3) is 0.632. The van der Waals surface area contributed by atoms with Crippen LogP contribution in [-0.4, -0.2) is 74.9 Å². The Kier molecular flexibility index (Phi) is 6.81. The first-order valence-electron chi connectivity index (χ1n) is 8.60. The molecular weight excluding hydrogens is 320 g/mol. The lowest BCUT2D eigenvalue weighted by atomic mass is 10.0. The van der Waals surface area contributed by atoms with Gasteiger partial charge in [0.15, 0.2) is 0 Å². The summed E-state index contributed by atoms with van der Waals surface area (Å²) in [6, 6.07) is 8.12. The molecule has 0 unspecified atom stereocenters. The minimum Gasteiger partial charge on any atom is -0.497 e. The molecule has 25 heavy (non-hydrogen) atoms. The number of methoxy groups -OCH3 is 1. The largest absolute Gasteiger partial charge is 0.497 e. The van der Waals surface area contributed by atoms with E-state index in [2.05, 4.69) is 30.9 Å². The molecule has 140 valence electrons. The third-order valence-electron chi connectivity index (χ3n) is 4.12. The number of hydrogen-bond acceptors (Lipinski definition) is 5. The highest BCUT2D eigenvalue weighted by molar-refractivity contribution is 5.76. The van der Waals surface area contributed by atoms with Gasteiger partial charge in [-0.3, -0.25) is 9.69 Å². The maximum Gasteiger partial charge on any atom is 0.248 e. The van der Waals surface area contributed by atoms with Crippen LogP contribution < -0.4 is 4.74 Å². The first-order valence-corrected chi connectivity index (χ1v) is 8.60. The van der Waals surface area contributed by atoms with Gasteiger partial charge in [-0.2, -0.15) is 0 Å². The SMILES string of the molecule is COc1cccc(CN2C[C@@H](COCC(=O)N(C)C)OC(C)(C)C2)c1. The molecule has 0 radical (unpaired) electrons. The molecule has 1 aliphatic rings.